The minimum absolute atomic E-state index is 0.518. The van der Waals surface area contributed by atoms with Crippen molar-refractivity contribution in [1.29, 1.82) is 5.41 Å². The Bertz CT molecular complexity index is 624. The van der Waals surface area contributed by atoms with Gasteiger partial charge in [-0.05, 0) is 5.56 Å². The molecule has 1 aliphatic rings. The molecule has 3 rings (SSSR count). The minimum Gasteiger partial charge on any atom is -0.398 e. The highest BCUT2D eigenvalue weighted by Crippen LogP contribution is 2.34. The topological polar surface area (TPSA) is 49.9 Å². The first-order valence-corrected chi connectivity index (χ1v) is 5.53. The van der Waals surface area contributed by atoms with E-state index in [-0.39, 0.29) is 0 Å². The standard InChI is InChI=1S/C15H12N2/c16-14-11-8-4-5-9-12(11)15(17)13(14)10-6-2-1-3-7-10/h1-9,16H,17H2. The van der Waals surface area contributed by atoms with Crippen molar-refractivity contribution in [1.82, 2.24) is 0 Å². The first-order valence-electron chi connectivity index (χ1n) is 5.53. The molecule has 0 saturated heterocycles. The Morgan fingerprint density at radius 1 is 0.765 bits per heavy atom. The lowest BCUT2D eigenvalue weighted by molar-refractivity contribution is 1.49. The average molecular weight is 220 g/mol. The van der Waals surface area contributed by atoms with Crippen LogP contribution in [-0.2, 0) is 0 Å². The van der Waals surface area contributed by atoms with Crippen LogP contribution in [0, 0.1) is 5.41 Å². The molecule has 0 fully saturated rings. The molecule has 2 aromatic rings. The second-order valence-electron chi connectivity index (χ2n) is 4.08. The van der Waals surface area contributed by atoms with Gasteiger partial charge in [0.15, 0.2) is 0 Å². The van der Waals surface area contributed by atoms with E-state index in [2.05, 4.69) is 0 Å². The average Bonchev–Trinajstić information content (AvgIpc) is 2.64. The molecule has 2 heteroatoms. The molecule has 2 aromatic carbocycles. The summed E-state index contributed by atoms with van der Waals surface area (Å²) in [5.41, 5.74) is 11.1. The summed E-state index contributed by atoms with van der Waals surface area (Å²) in [4.78, 5) is 0. The van der Waals surface area contributed by atoms with E-state index >= 15 is 0 Å². The van der Waals surface area contributed by atoms with Crippen LogP contribution in [0.1, 0.15) is 16.7 Å². The van der Waals surface area contributed by atoms with Crippen LogP contribution in [0.3, 0.4) is 0 Å². The first kappa shape index (κ1) is 9.85. The molecule has 17 heavy (non-hydrogen) atoms. The van der Waals surface area contributed by atoms with Crippen molar-refractivity contribution < 1.29 is 0 Å². The summed E-state index contributed by atoms with van der Waals surface area (Å²) in [7, 11) is 0. The molecule has 0 aromatic heterocycles. The summed E-state index contributed by atoms with van der Waals surface area (Å²) >= 11 is 0. The predicted octanol–water partition coefficient (Wildman–Crippen LogP) is 2.90. The summed E-state index contributed by atoms with van der Waals surface area (Å²) in [6.45, 7) is 0. The Hall–Kier alpha value is -2.35. The van der Waals surface area contributed by atoms with Gasteiger partial charge < -0.3 is 5.73 Å². The third-order valence-electron chi connectivity index (χ3n) is 3.07. The predicted molar refractivity (Wildman–Crippen MR) is 70.7 cm³/mol. The molecule has 1 aliphatic carbocycles. The number of hydrogen-bond donors (Lipinski definition) is 2. The monoisotopic (exact) mass is 220 g/mol. The van der Waals surface area contributed by atoms with Crippen molar-refractivity contribution >= 4 is 17.0 Å². The molecule has 0 amide bonds. The summed E-state index contributed by atoms with van der Waals surface area (Å²) < 4.78 is 0. The highest BCUT2D eigenvalue weighted by molar-refractivity contribution is 6.40. The molecule has 0 bridgehead atoms. The number of nitrogens with one attached hydrogen (secondary N) is 1. The van der Waals surface area contributed by atoms with Crippen LogP contribution in [-0.4, -0.2) is 5.71 Å². The molecule has 0 unspecified atom stereocenters. The van der Waals surface area contributed by atoms with E-state index in [1.807, 2.05) is 54.6 Å². The molecule has 0 atom stereocenters. The number of allylic oxidation sites excluding steroid dienone is 1. The highest BCUT2D eigenvalue weighted by Gasteiger charge is 2.25. The van der Waals surface area contributed by atoms with E-state index in [4.69, 9.17) is 11.1 Å². The molecule has 0 heterocycles. The zero-order chi connectivity index (χ0) is 11.8. The van der Waals surface area contributed by atoms with E-state index in [1.54, 1.807) is 0 Å². The van der Waals surface area contributed by atoms with Crippen LogP contribution in [0.15, 0.2) is 54.6 Å². The van der Waals surface area contributed by atoms with Crippen LogP contribution >= 0.6 is 0 Å². The molecular formula is C15H12N2. The Balaban J connectivity index is 2.22. The molecule has 0 saturated carbocycles. The fraction of sp³-hybridized carbons (Fsp3) is 0. The fourth-order valence-electron chi connectivity index (χ4n) is 2.24. The van der Waals surface area contributed by atoms with Gasteiger partial charge in [-0.15, -0.1) is 0 Å². The Morgan fingerprint density at radius 2 is 1.35 bits per heavy atom. The van der Waals surface area contributed by atoms with Gasteiger partial charge in [-0.3, -0.25) is 5.41 Å². The smallest absolute Gasteiger partial charge is 0.0718 e. The molecular weight excluding hydrogens is 208 g/mol. The summed E-state index contributed by atoms with van der Waals surface area (Å²) in [6, 6.07) is 17.7. The number of benzene rings is 2. The summed E-state index contributed by atoms with van der Waals surface area (Å²) in [5.74, 6) is 0. The van der Waals surface area contributed by atoms with Crippen LogP contribution in [0.2, 0.25) is 0 Å². The first-order chi connectivity index (χ1) is 8.29. The molecule has 82 valence electrons. The highest BCUT2D eigenvalue weighted by atomic mass is 14.6. The second-order valence-corrected chi connectivity index (χ2v) is 4.08. The van der Waals surface area contributed by atoms with Crippen molar-refractivity contribution in [3.63, 3.8) is 0 Å². The lowest BCUT2D eigenvalue weighted by Crippen LogP contribution is -1.99. The van der Waals surface area contributed by atoms with Gasteiger partial charge in [0.1, 0.15) is 0 Å². The van der Waals surface area contributed by atoms with Crippen LogP contribution in [0.25, 0.3) is 11.3 Å². The van der Waals surface area contributed by atoms with Crippen LogP contribution in [0.4, 0.5) is 0 Å². The maximum atomic E-state index is 8.22. The van der Waals surface area contributed by atoms with Gasteiger partial charge >= 0.3 is 0 Å². The normalized spacial score (nSPS) is 14.0. The number of fused-ring (bicyclic) bond motifs is 1. The van der Waals surface area contributed by atoms with Gasteiger partial charge in [0.25, 0.3) is 0 Å². The zero-order valence-corrected chi connectivity index (χ0v) is 9.27. The molecule has 3 N–H and O–H groups in total. The Labute approximate surface area is 99.9 Å². The molecule has 0 radical (unpaired) electrons. The minimum atomic E-state index is 0.518. The maximum Gasteiger partial charge on any atom is 0.0718 e. The third kappa shape index (κ3) is 1.38. The number of nitrogens with two attached hydrogens (primary N) is 1. The summed E-state index contributed by atoms with van der Waals surface area (Å²) in [6.07, 6.45) is 0. The fourth-order valence-corrected chi connectivity index (χ4v) is 2.24. The SMILES string of the molecule is N=C1C(c2ccccc2)=C(N)c2ccccc21. The third-order valence-corrected chi connectivity index (χ3v) is 3.07. The second kappa shape index (κ2) is 3.59. The van der Waals surface area contributed by atoms with Crippen molar-refractivity contribution in [2.45, 2.75) is 0 Å². The Morgan fingerprint density at radius 3 is 2.00 bits per heavy atom. The van der Waals surface area contributed by atoms with E-state index in [0.29, 0.717) is 11.4 Å². The number of rotatable bonds is 1. The van der Waals surface area contributed by atoms with E-state index < -0.39 is 0 Å². The van der Waals surface area contributed by atoms with Gasteiger partial charge in [-0.1, -0.05) is 54.6 Å². The van der Waals surface area contributed by atoms with Gasteiger partial charge in [0.05, 0.1) is 5.71 Å². The van der Waals surface area contributed by atoms with E-state index in [9.17, 15) is 0 Å². The molecule has 2 nitrogen and oxygen atoms in total. The summed E-state index contributed by atoms with van der Waals surface area (Å²) in [5, 5.41) is 8.22. The van der Waals surface area contributed by atoms with E-state index in [1.165, 1.54) is 0 Å². The Kier molecular flexibility index (Phi) is 2.08. The quantitative estimate of drug-likeness (QED) is 0.762. The molecule has 0 aliphatic heterocycles. The van der Waals surface area contributed by atoms with Crippen molar-refractivity contribution in [2.75, 3.05) is 0 Å². The van der Waals surface area contributed by atoms with Crippen molar-refractivity contribution in [2.24, 2.45) is 5.73 Å². The van der Waals surface area contributed by atoms with Gasteiger partial charge in [0.2, 0.25) is 0 Å². The van der Waals surface area contributed by atoms with Crippen LogP contribution in [0.5, 0.6) is 0 Å². The zero-order valence-electron chi connectivity index (χ0n) is 9.27. The van der Waals surface area contributed by atoms with Gasteiger partial charge in [-0.2, -0.15) is 0 Å². The van der Waals surface area contributed by atoms with E-state index in [0.717, 1.165) is 22.3 Å². The van der Waals surface area contributed by atoms with Gasteiger partial charge in [-0.25, -0.2) is 0 Å². The van der Waals surface area contributed by atoms with Crippen molar-refractivity contribution in [3.05, 3.63) is 71.3 Å². The lowest BCUT2D eigenvalue weighted by Gasteiger charge is -2.04. The largest absolute Gasteiger partial charge is 0.398 e. The number of hydrogen-bond acceptors (Lipinski definition) is 2. The van der Waals surface area contributed by atoms with Crippen molar-refractivity contribution in [3.8, 4) is 0 Å². The maximum absolute atomic E-state index is 8.22. The van der Waals surface area contributed by atoms with Crippen LogP contribution < -0.4 is 5.73 Å². The van der Waals surface area contributed by atoms with Gasteiger partial charge in [0, 0.05) is 22.4 Å². The lowest BCUT2D eigenvalue weighted by atomic mass is 10.0. The molecule has 0 spiro atoms.